The largest absolute Gasteiger partial charge is 0.573 e. The van der Waals surface area contributed by atoms with Crippen LogP contribution in [0.25, 0.3) is 6.08 Å². The second kappa shape index (κ2) is 6.83. The van der Waals surface area contributed by atoms with Crippen LogP contribution in [0.5, 0.6) is 5.75 Å². The summed E-state index contributed by atoms with van der Waals surface area (Å²) in [4.78, 5) is 11.1. The number of esters is 1. The van der Waals surface area contributed by atoms with E-state index in [1.54, 1.807) is 6.92 Å². The Hall–Kier alpha value is -2.18. The molecule has 4 nitrogen and oxygen atoms in total. The summed E-state index contributed by atoms with van der Waals surface area (Å²) < 4.78 is 44.7. The van der Waals surface area contributed by atoms with Gasteiger partial charge in [-0.25, -0.2) is 0 Å². The molecule has 0 saturated carbocycles. The third kappa shape index (κ3) is 5.64. The minimum Gasteiger partial charge on any atom is -0.466 e. The second-order valence-corrected chi connectivity index (χ2v) is 3.75. The predicted molar refractivity (Wildman–Crippen MR) is 67.8 cm³/mol. The Morgan fingerprint density at radius 2 is 2.10 bits per heavy atom. The topological polar surface area (TPSA) is 61.5 Å². The van der Waals surface area contributed by atoms with Gasteiger partial charge < -0.3 is 15.2 Å². The van der Waals surface area contributed by atoms with E-state index in [0.29, 0.717) is 5.56 Å². The molecule has 0 aliphatic carbocycles. The molecule has 0 amide bonds. The number of benzene rings is 1. The number of nitrogens with two attached hydrogens (primary N) is 1. The summed E-state index contributed by atoms with van der Waals surface area (Å²) in [5.74, 6) is -0.799. The minimum atomic E-state index is -4.76. The summed E-state index contributed by atoms with van der Waals surface area (Å²) in [6, 6.07) is 3.56. The zero-order chi connectivity index (χ0) is 15.2. The number of carbonyl (C=O) groups excluding carboxylic acids is 1. The van der Waals surface area contributed by atoms with Crippen LogP contribution in [0, 0.1) is 0 Å². The molecular weight excluding hydrogens is 275 g/mol. The van der Waals surface area contributed by atoms with Gasteiger partial charge in [0.25, 0.3) is 0 Å². The van der Waals surface area contributed by atoms with Gasteiger partial charge in [0.2, 0.25) is 0 Å². The quantitative estimate of drug-likeness (QED) is 0.668. The van der Waals surface area contributed by atoms with Gasteiger partial charge >= 0.3 is 12.3 Å². The molecular formula is C13H14F3NO3. The molecule has 1 aromatic rings. The van der Waals surface area contributed by atoms with Crippen LogP contribution in [0.15, 0.2) is 24.3 Å². The maximum absolute atomic E-state index is 12.1. The standard InChI is InChI=1S/C13H14F3NO3/c1-2-19-12(18)5-3-4-9-8-10(6-7-11(9)17)20-13(14,15)16/h3-4,6-8H,2,5,17H2,1H3. The van der Waals surface area contributed by atoms with Crippen molar-refractivity contribution in [3.63, 3.8) is 0 Å². The Labute approximate surface area is 114 Å². The second-order valence-electron chi connectivity index (χ2n) is 3.75. The van der Waals surface area contributed by atoms with Crippen LogP contribution < -0.4 is 10.5 Å². The fourth-order valence-corrected chi connectivity index (χ4v) is 1.40. The molecule has 0 atom stereocenters. The Bertz CT molecular complexity index is 498. The predicted octanol–water partition coefficient (Wildman–Crippen LogP) is 3.13. The number of hydrogen-bond acceptors (Lipinski definition) is 4. The van der Waals surface area contributed by atoms with Crippen LogP contribution in [0.3, 0.4) is 0 Å². The lowest BCUT2D eigenvalue weighted by atomic mass is 10.1. The highest BCUT2D eigenvalue weighted by Gasteiger charge is 2.31. The van der Waals surface area contributed by atoms with Crippen molar-refractivity contribution in [1.29, 1.82) is 0 Å². The smallest absolute Gasteiger partial charge is 0.466 e. The summed E-state index contributed by atoms with van der Waals surface area (Å²) >= 11 is 0. The van der Waals surface area contributed by atoms with Gasteiger partial charge in [-0.15, -0.1) is 13.2 Å². The van der Waals surface area contributed by atoms with Crippen LogP contribution in [0.2, 0.25) is 0 Å². The fraction of sp³-hybridized carbons (Fsp3) is 0.308. The first-order valence-corrected chi connectivity index (χ1v) is 5.79. The molecule has 0 aromatic heterocycles. The maximum atomic E-state index is 12.1. The van der Waals surface area contributed by atoms with E-state index in [2.05, 4.69) is 4.74 Å². The highest BCUT2D eigenvalue weighted by Crippen LogP contribution is 2.26. The lowest BCUT2D eigenvalue weighted by Crippen LogP contribution is -2.17. The molecule has 7 heteroatoms. The average Bonchev–Trinajstić information content (AvgIpc) is 2.31. The number of halogens is 3. The molecule has 0 heterocycles. The van der Waals surface area contributed by atoms with Crippen molar-refractivity contribution in [3.05, 3.63) is 29.8 Å². The van der Waals surface area contributed by atoms with Gasteiger partial charge in [-0.1, -0.05) is 12.2 Å². The lowest BCUT2D eigenvalue weighted by molar-refractivity contribution is -0.274. The van der Waals surface area contributed by atoms with E-state index in [4.69, 9.17) is 10.5 Å². The molecule has 0 unspecified atom stereocenters. The monoisotopic (exact) mass is 289 g/mol. The van der Waals surface area contributed by atoms with E-state index in [-0.39, 0.29) is 24.5 Å². The van der Waals surface area contributed by atoms with Crippen LogP contribution in [0.4, 0.5) is 18.9 Å². The van der Waals surface area contributed by atoms with Crippen molar-refractivity contribution in [3.8, 4) is 5.75 Å². The number of alkyl halides is 3. The summed E-state index contributed by atoms with van der Waals surface area (Å²) in [6.45, 7) is 1.95. The zero-order valence-electron chi connectivity index (χ0n) is 10.7. The van der Waals surface area contributed by atoms with E-state index in [0.717, 1.165) is 12.1 Å². The Morgan fingerprint density at radius 3 is 2.70 bits per heavy atom. The third-order valence-electron chi connectivity index (χ3n) is 2.18. The van der Waals surface area contributed by atoms with Gasteiger partial charge in [-0.2, -0.15) is 0 Å². The molecule has 1 aromatic carbocycles. The van der Waals surface area contributed by atoms with E-state index in [1.165, 1.54) is 18.2 Å². The van der Waals surface area contributed by atoms with E-state index in [9.17, 15) is 18.0 Å². The number of ether oxygens (including phenoxy) is 2. The summed E-state index contributed by atoms with van der Waals surface area (Å²) in [6.07, 6.45) is -1.85. The first kappa shape index (κ1) is 15.9. The van der Waals surface area contributed by atoms with Gasteiger partial charge in [0.05, 0.1) is 13.0 Å². The maximum Gasteiger partial charge on any atom is 0.573 e. The number of hydrogen-bond donors (Lipinski definition) is 1. The highest BCUT2D eigenvalue weighted by atomic mass is 19.4. The van der Waals surface area contributed by atoms with Crippen molar-refractivity contribution in [2.24, 2.45) is 0 Å². The van der Waals surface area contributed by atoms with Crippen LogP contribution >= 0.6 is 0 Å². The summed E-state index contributed by atoms with van der Waals surface area (Å²) in [5, 5.41) is 0. The normalized spacial score (nSPS) is 11.6. The fourth-order valence-electron chi connectivity index (χ4n) is 1.40. The molecule has 0 aliphatic heterocycles. The van der Waals surface area contributed by atoms with Crippen LogP contribution in [-0.2, 0) is 9.53 Å². The van der Waals surface area contributed by atoms with Crippen molar-refractivity contribution < 1.29 is 27.4 Å². The molecule has 2 N–H and O–H groups in total. The first-order valence-electron chi connectivity index (χ1n) is 5.79. The van der Waals surface area contributed by atoms with E-state index < -0.39 is 12.3 Å². The number of carbonyl (C=O) groups is 1. The lowest BCUT2D eigenvalue weighted by Gasteiger charge is -2.10. The van der Waals surface area contributed by atoms with Crippen molar-refractivity contribution in [2.45, 2.75) is 19.7 Å². The molecule has 20 heavy (non-hydrogen) atoms. The number of rotatable bonds is 5. The molecule has 0 bridgehead atoms. The van der Waals surface area contributed by atoms with Crippen molar-refractivity contribution in [1.82, 2.24) is 0 Å². The van der Waals surface area contributed by atoms with Gasteiger partial charge in [0, 0.05) is 11.3 Å². The first-order chi connectivity index (χ1) is 9.31. The SMILES string of the molecule is CCOC(=O)CC=Cc1cc(OC(F)(F)F)ccc1N. The number of nitrogen functional groups attached to an aromatic ring is 1. The number of anilines is 1. The molecule has 1 rings (SSSR count). The molecule has 0 fully saturated rings. The molecule has 0 saturated heterocycles. The van der Waals surface area contributed by atoms with Crippen LogP contribution in [0.1, 0.15) is 18.9 Å². The minimum absolute atomic E-state index is 0.0115. The van der Waals surface area contributed by atoms with Gasteiger partial charge in [-0.3, -0.25) is 4.79 Å². The van der Waals surface area contributed by atoms with Crippen LogP contribution in [-0.4, -0.2) is 18.9 Å². The molecule has 0 spiro atoms. The highest BCUT2D eigenvalue weighted by molar-refractivity contribution is 5.74. The van der Waals surface area contributed by atoms with Gasteiger partial charge in [0.15, 0.2) is 0 Å². The van der Waals surface area contributed by atoms with E-state index >= 15 is 0 Å². The molecule has 110 valence electrons. The van der Waals surface area contributed by atoms with Crippen molar-refractivity contribution >= 4 is 17.7 Å². The molecule has 0 aliphatic rings. The van der Waals surface area contributed by atoms with Gasteiger partial charge in [0.1, 0.15) is 5.75 Å². The Morgan fingerprint density at radius 1 is 1.40 bits per heavy atom. The van der Waals surface area contributed by atoms with Crippen molar-refractivity contribution in [2.75, 3.05) is 12.3 Å². The zero-order valence-corrected chi connectivity index (χ0v) is 10.7. The summed E-state index contributed by atoms with van der Waals surface area (Å²) in [5.41, 5.74) is 6.23. The third-order valence-corrected chi connectivity index (χ3v) is 2.18. The van der Waals surface area contributed by atoms with E-state index in [1.807, 2.05) is 0 Å². The Balaban J connectivity index is 2.76. The Kier molecular flexibility index (Phi) is 5.42. The average molecular weight is 289 g/mol. The van der Waals surface area contributed by atoms with Gasteiger partial charge in [-0.05, 0) is 25.1 Å². The summed E-state index contributed by atoms with van der Waals surface area (Å²) in [7, 11) is 0. The molecule has 0 radical (unpaired) electrons.